The van der Waals surface area contributed by atoms with Gasteiger partial charge >= 0.3 is 0 Å². The molecule has 1 aromatic rings. The van der Waals surface area contributed by atoms with Crippen LogP contribution in [0.4, 0.5) is 0 Å². The molecule has 0 spiro atoms. The van der Waals surface area contributed by atoms with E-state index in [2.05, 4.69) is 4.98 Å². The van der Waals surface area contributed by atoms with E-state index in [0.29, 0.717) is 0 Å². The Hall–Kier alpha value is -1.56. The van der Waals surface area contributed by atoms with Crippen LogP contribution in [0.15, 0.2) is 11.0 Å². The van der Waals surface area contributed by atoms with Gasteiger partial charge in [-0.3, -0.25) is 4.79 Å². The standard InChI is InChI=1S/C8H8N2O/c1-5-4-10-8(11)7(3-9)6(5)2/h4H,1-2H3,(H,10,11). The van der Waals surface area contributed by atoms with Gasteiger partial charge in [0.05, 0.1) is 0 Å². The van der Waals surface area contributed by atoms with Crippen molar-refractivity contribution in [3.63, 3.8) is 0 Å². The van der Waals surface area contributed by atoms with Crippen LogP contribution in [0, 0.1) is 25.2 Å². The molecule has 0 aliphatic carbocycles. The number of pyridine rings is 1. The summed E-state index contributed by atoms with van der Waals surface area (Å²) in [5.41, 5.74) is 1.60. The molecule has 1 N–H and O–H groups in total. The summed E-state index contributed by atoms with van der Waals surface area (Å²) in [5.74, 6) is 0. The zero-order valence-electron chi connectivity index (χ0n) is 6.43. The molecule has 0 fully saturated rings. The van der Waals surface area contributed by atoms with Crippen molar-refractivity contribution in [2.75, 3.05) is 0 Å². The predicted molar refractivity (Wildman–Crippen MR) is 41.3 cm³/mol. The minimum Gasteiger partial charge on any atom is -0.328 e. The smallest absolute Gasteiger partial charge is 0.266 e. The first-order valence-electron chi connectivity index (χ1n) is 3.26. The molecule has 0 saturated carbocycles. The molecule has 1 rings (SSSR count). The van der Waals surface area contributed by atoms with Gasteiger partial charge in [-0.25, -0.2) is 0 Å². The maximum Gasteiger partial charge on any atom is 0.266 e. The van der Waals surface area contributed by atoms with Gasteiger partial charge < -0.3 is 4.98 Å². The molecule has 3 heteroatoms. The third-order valence-corrected chi connectivity index (χ3v) is 1.73. The van der Waals surface area contributed by atoms with Crippen molar-refractivity contribution in [3.05, 3.63) is 33.2 Å². The second-order valence-electron chi connectivity index (χ2n) is 2.41. The fraction of sp³-hybridized carbons (Fsp3) is 0.250. The van der Waals surface area contributed by atoms with E-state index in [0.717, 1.165) is 11.1 Å². The van der Waals surface area contributed by atoms with Crippen LogP contribution < -0.4 is 5.56 Å². The van der Waals surface area contributed by atoms with Crippen molar-refractivity contribution >= 4 is 0 Å². The number of H-pyrrole nitrogens is 1. The molecule has 1 heterocycles. The van der Waals surface area contributed by atoms with Crippen LogP contribution in [0.1, 0.15) is 16.7 Å². The normalized spacial score (nSPS) is 9.18. The Morgan fingerprint density at radius 2 is 2.18 bits per heavy atom. The molecule has 1 aromatic heterocycles. The molecular weight excluding hydrogens is 140 g/mol. The number of nitriles is 1. The highest BCUT2D eigenvalue weighted by Crippen LogP contribution is 2.04. The molecule has 0 radical (unpaired) electrons. The molecular formula is C8H8N2O. The largest absolute Gasteiger partial charge is 0.328 e. The van der Waals surface area contributed by atoms with E-state index < -0.39 is 0 Å². The zero-order valence-corrected chi connectivity index (χ0v) is 6.43. The summed E-state index contributed by atoms with van der Waals surface area (Å²) in [6, 6.07) is 1.86. The first-order chi connectivity index (χ1) is 5.16. The van der Waals surface area contributed by atoms with Crippen LogP contribution in [0.25, 0.3) is 0 Å². The molecule has 0 bridgehead atoms. The van der Waals surface area contributed by atoms with Crippen molar-refractivity contribution in [2.24, 2.45) is 0 Å². The van der Waals surface area contributed by atoms with E-state index in [1.807, 2.05) is 13.0 Å². The molecule has 0 aliphatic rings. The van der Waals surface area contributed by atoms with Gasteiger partial charge in [-0.2, -0.15) is 5.26 Å². The van der Waals surface area contributed by atoms with Crippen LogP contribution >= 0.6 is 0 Å². The Kier molecular flexibility index (Phi) is 1.77. The Labute approximate surface area is 64.3 Å². The monoisotopic (exact) mass is 148 g/mol. The summed E-state index contributed by atoms with van der Waals surface area (Å²) < 4.78 is 0. The second kappa shape index (κ2) is 2.59. The number of aromatic amines is 1. The molecule has 0 saturated heterocycles. The molecule has 0 aliphatic heterocycles. The number of nitrogens with zero attached hydrogens (tertiary/aromatic N) is 1. The van der Waals surface area contributed by atoms with E-state index in [9.17, 15) is 4.79 Å². The third kappa shape index (κ3) is 1.15. The number of aromatic nitrogens is 1. The Bertz CT molecular complexity index is 371. The molecule has 0 unspecified atom stereocenters. The minimum atomic E-state index is -0.310. The van der Waals surface area contributed by atoms with Gasteiger partial charge in [0.1, 0.15) is 11.6 Å². The summed E-state index contributed by atoms with van der Waals surface area (Å²) in [6.45, 7) is 3.62. The van der Waals surface area contributed by atoms with E-state index in [1.54, 1.807) is 13.1 Å². The van der Waals surface area contributed by atoms with Gasteiger partial charge in [0.25, 0.3) is 5.56 Å². The average Bonchev–Trinajstić information content (AvgIpc) is 1.99. The zero-order chi connectivity index (χ0) is 8.43. The van der Waals surface area contributed by atoms with Gasteiger partial charge in [0.15, 0.2) is 0 Å². The van der Waals surface area contributed by atoms with Gasteiger partial charge in [0.2, 0.25) is 0 Å². The predicted octanol–water partition coefficient (Wildman–Crippen LogP) is 0.863. The first-order valence-corrected chi connectivity index (χ1v) is 3.26. The summed E-state index contributed by atoms with van der Waals surface area (Å²) in [6.07, 6.45) is 1.61. The number of hydrogen-bond acceptors (Lipinski definition) is 2. The summed E-state index contributed by atoms with van der Waals surface area (Å²) >= 11 is 0. The lowest BCUT2D eigenvalue weighted by Crippen LogP contribution is -2.11. The van der Waals surface area contributed by atoms with E-state index in [-0.39, 0.29) is 11.1 Å². The summed E-state index contributed by atoms with van der Waals surface area (Å²) in [4.78, 5) is 13.4. The Balaban J connectivity index is 3.57. The van der Waals surface area contributed by atoms with Crippen molar-refractivity contribution in [1.29, 1.82) is 5.26 Å². The van der Waals surface area contributed by atoms with E-state index in [1.165, 1.54) is 0 Å². The van der Waals surface area contributed by atoms with Crippen LogP contribution in [0.3, 0.4) is 0 Å². The fourth-order valence-corrected chi connectivity index (χ4v) is 0.856. The number of aryl methyl sites for hydroxylation is 1. The van der Waals surface area contributed by atoms with Gasteiger partial charge in [-0.1, -0.05) is 0 Å². The lowest BCUT2D eigenvalue weighted by Gasteiger charge is -1.98. The molecule has 0 amide bonds. The van der Waals surface area contributed by atoms with Crippen LogP contribution in [-0.2, 0) is 0 Å². The second-order valence-corrected chi connectivity index (χ2v) is 2.41. The topological polar surface area (TPSA) is 56.6 Å². The van der Waals surface area contributed by atoms with Crippen molar-refractivity contribution in [3.8, 4) is 6.07 Å². The first kappa shape index (κ1) is 7.55. The van der Waals surface area contributed by atoms with Crippen LogP contribution in [0.2, 0.25) is 0 Å². The van der Waals surface area contributed by atoms with E-state index >= 15 is 0 Å². The maximum atomic E-state index is 10.9. The molecule has 56 valence electrons. The minimum absolute atomic E-state index is 0.213. The quantitative estimate of drug-likeness (QED) is 0.593. The molecule has 0 atom stereocenters. The lowest BCUT2D eigenvalue weighted by molar-refractivity contribution is 1.14. The van der Waals surface area contributed by atoms with Crippen LogP contribution in [-0.4, -0.2) is 4.98 Å². The van der Waals surface area contributed by atoms with Crippen LogP contribution in [0.5, 0.6) is 0 Å². The third-order valence-electron chi connectivity index (χ3n) is 1.73. The highest BCUT2D eigenvalue weighted by Gasteiger charge is 2.03. The molecule has 11 heavy (non-hydrogen) atoms. The lowest BCUT2D eigenvalue weighted by atomic mass is 10.1. The molecule has 0 aromatic carbocycles. The Morgan fingerprint density at radius 1 is 1.55 bits per heavy atom. The highest BCUT2D eigenvalue weighted by atomic mass is 16.1. The number of rotatable bonds is 0. The van der Waals surface area contributed by atoms with Crippen molar-refractivity contribution in [2.45, 2.75) is 13.8 Å². The summed E-state index contributed by atoms with van der Waals surface area (Å²) in [5, 5.41) is 8.55. The maximum absolute atomic E-state index is 10.9. The molecule has 3 nitrogen and oxygen atoms in total. The van der Waals surface area contributed by atoms with Gasteiger partial charge in [-0.15, -0.1) is 0 Å². The highest BCUT2D eigenvalue weighted by molar-refractivity contribution is 5.38. The average molecular weight is 148 g/mol. The fourth-order valence-electron chi connectivity index (χ4n) is 0.856. The number of nitrogens with one attached hydrogen (secondary N) is 1. The number of hydrogen-bond donors (Lipinski definition) is 1. The SMILES string of the molecule is Cc1c[nH]c(=O)c(C#N)c1C. The van der Waals surface area contributed by atoms with Crippen molar-refractivity contribution < 1.29 is 0 Å². The van der Waals surface area contributed by atoms with Crippen molar-refractivity contribution in [1.82, 2.24) is 4.98 Å². The summed E-state index contributed by atoms with van der Waals surface area (Å²) in [7, 11) is 0. The van der Waals surface area contributed by atoms with Gasteiger partial charge in [-0.05, 0) is 25.0 Å². The van der Waals surface area contributed by atoms with Gasteiger partial charge in [0, 0.05) is 6.20 Å². The van der Waals surface area contributed by atoms with E-state index in [4.69, 9.17) is 5.26 Å². The Morgan fingerprint density at radius 3 is 2.64 bits per heavy atom.